The van der Waals surface area contributed by atoms with Crippen LogP contribution in [0, 0.1) is 0 Å². The Hall–Kier alpha value is -0.270. The van der Waals surface area contributed by atoms with Crippen LogP contribution in [0.15, 0.2) is 27.1 Å². The van der Waals surface area contributed by atoms with Gasteiger partial charge in [0.05, 0.1) is 4.47 Å². The minimum absolute atomic E-state index is 0.104. The molecule has 1 aromatic carbocycles. The largest absolute Gasteiger partial charge is 0.478 e. The van der Waals surface area contributed by atoms with Crippen LogP contribution in [0.3, 0.4) is 0 Å². The van der Waals surface area contributed by atoms with Gasteiger partial charge in [0.25, 0.3) is 0 Å². The Morgan fingerprint density at radius 3 is 2.29 bits per heavy atom. The maximum atomic E-state index is 12.6. The molecule has 0 aliphatic heterocycles. The van der Waals surface area contributed by atoms with Gasteiger partial charge in [-0.1, -0.05) is 15.9 Å². The van der Waals surface area contributed by atoms with Crippen LogP contribution < -0.4 is 10.5 Å². The maximum Gasteiger partial charge on any atom is 0.426 e. The first-order valence-electron chi connectivity index (χ1n) is 4.66. The summed E-state index contributed by atoms with van der Waals surface area (Å²) >= 11 is 6.33. The molecule has 2 unspecified atom stereocenters. The molecule has 7 heteroatoms. The summed E-state index contributed by atoms with van der Waals surface area (Å²) in [7, 11) is 0. The van der Waals surface area contributed by atoms with E-state index >= 15 is 0 Å². The molecule has 17 heavy (non-hydrogen) atoms. The van der Waals surface area contributed by atoms with E-state index in [0.717, 1.165) is 4.47 Å². The van der Waals surface area contributed by atoms with Crippen molar-refractivity contribution >= 4 is 31.9 Å². The zero-order valence-electron chi connectivity index (χ0n) is 8.76. The van der Waals surface area contributed by atoms with Crippen molar-refractivity contribution in [1.29, 1.82) is 0 Å². The number of alkyl halides is 3. The summed E-state index contributed by atoms with van der Waals surface area (Å²) in [6.45, 7) is 1.25. The molecule has 0 fully saturated rings. The van der Waals surface area contributed by atoms with Crippen molar-refractivity contribution in [2.75, 3.05) is 0 Å². The molecule has 0 saturated heterocycles. The number of rotatable bonds is 3. The first kappa shape index (κ1) is 14.8. The molecule has 0 bridgehead atoms. The van der Waals surface area contributed by atoms with Gasteiger partial charge < -0.3 is 10.5 Å². The number of hydrogen-bond donors (Lipinski definition) is 1. The van der Waals surface area contributed by atoms with Gasteiger partial charge in [-0.2, -0.15) is 13.2 Å². The van der Waals surface area contributed by atoms with Crippen LogP contribution in [-0.2, 0) is 0 Å². The van der Waals surface area contributed by atoms with Crippen molar-refractivity contribution in [3.8, 4) is 5.75 Å². The van der Waals surface area contributed by atoms with Crippen molar-refractivity contribution in [3.63, 3.8) is 0 Å². The third-order valence-corrected chi connectivity index (χ3v) is 3.06. The summed E-state index contributed by atoms with van der Waals surface area (Å²) in [6, 6.07) is 3.49. The highest BCUT2D eigenvalue weighted by Crippen LogP contribution is 2.33. The molecule has 96 valence electrons. The minimum atomic E-state index is -4.50. The highest BCUT2D eigenvalue weighted by atomic mass is 79.9. The predicted octanol–water partition coefficient (Wildman–Crippen LogP) is 3.87. The Kier molecular flexibility index (Phi) is 4.86. The molecule has 2 N–H and O–H groups in total. The molecule has 0 radical (unpaired) electrons. The van der Waals surface area contributed by atoms with Crippen molar-refractivity contribution in [2.24, 2.45) is 5.73 Å². The SMILES string of the molecule is CC(N)C(Oc1ccc(Br)cc1Br)C(F)(F)F. The van der Waals surface area contributed by atoms with E-state index in [0.29, 0.717) is 4.47 Å². The first-order chi connectivity index (χ1) is 7.71. The Morgan fingerprint density at radius 1 is 1.29 bits per heavy atom. The second-order valence-electron chi connectivity index (χ2n) is 3.51. The summed E-state index contributed by atoms with van der Waals surface area (Å²) in [5, 5.41) is 0. The molecule has 0 heterocycles. The molecular formula is C10H10Br2F3NO. The zero-order valence-corrected chi connectivity index (χ0v) is 11.9. The van der Waals surface area contributed by atoms with E-state index in [2.05, 4.69) is 31.9 Å². The Labute approximate surface area is 114 Å². The van der Waals surface area contributed by atoms with Crippen LogP contribution in [0.4, 0.5) is 13.2 Å². The summed E-state index contributed by atoms with van der Waals surface area (Å²) < 4.78 is 44.0. The monoisotopic (exact) mass is 375 g/mol. The van der Waals surface area contributed by atoms with E-state index in [1.807, 2.05) is 0 Å². The lowest BCUT2D eigenvalue weighted by Crippen LogP contribution is -2.47. The van der Waals surface area contributed by atoms with E-state index in [1.54, 1.807) is 12.1 Å². The number of hydrogen-bond acceptors (Lipinski definition) is 2. The highest BCUT2D eigenvalue weighted by Gasteiger charge is 2.44. The molecule has 2 nitrogen and oxygen atoms in total. The normalized spacial score (nSPS) is 15.5. The Balaban J connectivity index is 2.94. The maximum absolute atomic E-state index is 12.6. The smallest absolute Gasteiger partial charge is 0.426 e. The van der Waals surface area contributed by atoms with E-state index in [4.69, 9.17) is 10.5 Å². The van der Waals surface area contributed by atoms with Gasteiger partial charge in [0.15, 0.2) is 0 Å². The van der Waals surface area contributed by atoms with E-state index in [1.165, 1.54) is 13.0 Å². The summed E-state index contributed by atoms with van der Waals surface area (Å²) in [5.74, 6) is 0.104. The number of benzene rings is 1. The second-order valence-corrected chi connectivity index (χ2v) is 5.28. The van der Waals surface area contributed by atoms with Gasteiger partial charge in [0.1, 0.15) is 5.75 Å². The second kappa shape index (κ2) is 5.58. The van der Waals surface area contributed by atoms with Crippen LogP contribution in [0.25, 0.3) is 0 Å². The summed E-state index contributed by atoms with van der Waals surface area (Å²) in [4.78, 5) is 0. The van der Waals surface area contributed by atoms with Gasteiger partial charge in [0.2, 0.25) is 6.10 Å². The average Bonchev–Trinajstić information content (AvgIpc) is 2.13. The fourth-order valence-corrected chi connectivity index (χ4v) is 2.32. The fraction of sp³-hybridized carbons (Fsp3) is 0.400. The highest BCUT2D eigenvalue weighted by molar-refractivity contribution is 9.11. The van der Waals surface area contributed by atoms with Crippen LogP contribution in [0.1, 0.15) is 6.92 Å². The van der Waals surface area contributed by atoms with Crippen LogP contribution in [0.2, 0.25) is 0 Å². The van der Waals surface area contributed by atoms with Crippen LogP contribution >= 0.6 is 31.9 Å². The molecule has 2 atom stereocenters. The fourth-order valence-electron chi connectivity index (χ4n) is 1.18. The van der Waals surface area contributed by atoms with Gasteiger partial charge in [-0.3, -0.25) is 0 Å². The van der Waals surface area contributed by atoms with Gasteiger partial charge in [-0.25, -0.2) is 0 Å². The predicted molar refractivity (Wildman–Crippen MR) is 66.0 cm³/mol. The molecule has 0 saturated carbocycles. The minimum Gasteiger partial charge on any atom is -0.478 e. The van der Waals surface area contributed by atoms with E-state index in [9.17, 15) is 13.2 Å². The number of halogens is 5. The lowest BCUT2D eigenvalue weighted by atomic mass is 10.2. The van der Waals surface area contributed by atoms with Crippen molar-refractivity contribution in [3.05, 3.63) is 27.1 Å². The van der Waals surface area contributed by atoms with Crippen LogP contribution in [0.5, 0.6) is 5.75 Å². The van der Waals surface area contributed by atoms with Gasteiger partial charge in [-0.05, 0) is 41.1 Å². The number of nitrogens with two attached hydrogens (primary N) is 1. The van der Waals surface area contributed by atoms with Crippen molar-refractivity contribution in [1.82, 2.24) is 0 Å². The molecule has 0 aliphatic rings. The third-order valence-electron chi connectivity index (χ3n) is 1.95. The quantitative estimate of drug-likeness (QED) is 0.869. The topological polar surface area (TPSA) is 35.2 Å². The standard InChI is InChI=1S/C10H10Br2F3NO/c1-5(16)9(10(13,14)15)17-8-3-2-6(11)4-7(8)12/h2-5,9H,16H2,1H3. The molecule has 0 aromatic heterocycles. The molecule has 0 spiro atoms. The van der Waals surface area contributed by atoms with Gasteiger partial charge in [0, 0.05) is 10.5 Å². The Bertz CT molecular complexity index is 396. The Morgan fingerprint density at radius 2 is 1.88 bits per heavy atom. The molecule has 1 aromatic rings. The lowest BCUT2D eigenvalue weighted by Gasteiger charge is -2.25. The summed E-state index contributed by atoms with van der Waals surface area (Å²) in [5.41, 5.74) is 5.28. The molecule has 0 aliphatic carbocycles. The third kappa shape index (κ3) is 4.15. The van der Waals surface area contributed by atoms with Crippen LogP contribution in [-0.4, -0.2) is 18.3 Å². The lowest BCUT2D eigenvalue weighted by molar-refractivity contribution is -0.199. The van der Waals surface area contributed by atoms with Gasteiger partial charge >= 0.3 is 6.18 Å². The molecule has 1 rings (SSSR count). The summed E-state index contributed by atoms with van der Waals surface area (Å²) in [6.07, 6.45) is -6.53. The van der Waals surface area contributed by atoms with E-state index < -0.39 is 18.3 Å². The number of ether oxygens (including phenoxy) is 1. The molecular weight excluding hydrogens is 367 g/mol. The van der Waals surface area contributed by atoms with Gasteiger partial charge in [-0.15, -0.1) is 0 Å². The first-order valence-corrected chi connectivity index (χ1v) is 6.24. The average molecular weight is 377 g/mol. The van der Waals surface area contributed by atoms with E-state index in [-0.39, 0.29) is 5.75 Å². The zero-order chi connectivity index (χ0) is 13.2. The molecule has 0 amide bonds. The van der Waals surface area contributed by atoms with Crippen molar-refractivity contribution < 1.29 is 17.9 Å². The van der Waals surface area contributed by atoms with Crippen molar-refractivity contribution in [2.45, 2.75) is 25.2 Å².